The van der Waals surface area contributed by atoms with Gasteiger partial charge in [-0.3, -0.25) is 9.47 Å². The van der Waals surface area contributed by atoms with Crippen LogP contribution in [0.5, 0.6) is 5.75 Å². The van der Waals surface area contributed by atoms with Crippen LogP contribution in [0.15, 0.2) is 42.5 Å². The highest BCUT2D eigenvalue weighted by molar-refractivity contribution is 6.30. The third kappa shape index (κ3) is 4.73. The van der Waals surface area contributed by atoms with E-state index >= 15 is 0 Å². The highest BCUT2D eigenvalue weighted by Gasteiger charge is 2.31. The van der Waals surface area contributed by atoms with E-state index in [0.717, 1.165) is 67.7 Å². The lowest BCUT2D eigenvalue weighted by molar-refractivity contribution is 0.144. The molecule has 34 heavy (non-hydrogen) atoms. The predicted molar refractivity (Wildman–Crippen MR) is 137 cm³/mol. The van der Waals surface area contributed by atoms with Crippen LogP contribution in [0.1, 0.15) is 82.1 Å². The Kier molecular flexibility index (Phi) is 6.43. The van der Waals surface area contributed by atoms with E-state index in [2.05, 4.69) is 78.7 Å². The van der Waals surface area contributed by atoms with Crippen LogP contribution in [0.4, 0.5) is 0 Å². The molecule has 5 rings (SSSR count). The Morgan fingerprint density at radius 3 is 2.53 bits per heavy atom. The largest absolute Gasteiger partial charge is 0.490 e. The van der Waals surface area contributed by atoms with Crippen LogP contribution in [0.25, 0.3) is 5.69 Å². The lowest BCUT2D eigenvalue weighted by Gasteiger charge is -2.29. The number of ether oxygens (including phenoxy) is 1. The molecule has 0 atom stereocenters. The second kappa shape index (κ2) is 9.35. The summed E-state index contributed by atoms with van der Waals surface area (Å²) in [5.74, 6) is 3.48. The van der Waals surface area contributed by atoms with Crippen molar-refractivity contribution in [2.75, 3.05) is 6.54 Å². The molecule has 6 heteroatoms. The van der Waals surface area contributed by atoms with Gasteiger partial charge in [-0.05, 0) is 79.1 Å². The van der Waals surface area contributed by atoms with Gasteiger partial charge < -0.3 is 4.74 Å². The van der Waals surface area contributed by atoms with E-state index in [1.54, 1.807) is 0 Å². The zero-order valence-corrected chi connectivity index (χ0v) is 21.5. The molecule has 0 bridgehead atoms. The van der Waals surface area contributed by atoms with Gasteiger partial charge in [0.2, 0.25) is 0 Å². The fraction of sp³-hybridized carbons (Fsp3) is 0.500. The number of halogens is 1. The van der Waals surface area contributed by atoms with Crippen LogP contribution < -0.4 is 4.74 Å². The van der Waals surface area contributed by atoms with E-state index in [4.69, 9.17) is 21.4 Å². The maximum Gasteiger partial charge on any atom is 0.151 e. The summed E-state index contributed by atoms with van der Waals surface area (Å²) in [5, 5.41) is 10.1. The van der Waals surface area contributed by atoms with Crippen molar-refractivity contribution in [2.45, 2.75) is 83.9 Å². The van der Waals surface area contributed by atoms with Gasteiger partial charge in [0.15, 0.2) is 5.82 Å². The van der Waals surface area contributed by atoms with Crippen LogP contribution in [0, 0.1) is 0 Å². The Hall–Kier alpha value is -2.37. The first-order valence-electron chi connectivity index (χ1n) is 12.5. The second-order valence-corrected chi connectivity index (χ2v) is 11.2. The molecule has 0 N–H and O–H groups in total. The summed E-state index contributed by atoms with van der Waals surface area (Å²) in [6.45, 7) is 11.6. The van der Waals surface area contributed by atoms with Gasteiger partial charge in [-0.2, -0.15) is 0 Å². The van der Waals surface area contributed by atoms with E-state index in [1.165, 1.54) is 16.8 Å². The zero-order valence-electron chi connectivity index (χ0n) is 20.7. The third-order valence-electron chi connectivity index (χ3n) is 7.29. The molecule has 0 saturated heterocycles. The minimum absolute atomic E-state index is 0.121. The van der Waals surface area contributed by atoms with Gasteiger partial charge in [0, 0.05) is 17.5 Å². The number of hydrogen-bond donors (Lipinski definition) is 0. The van der Waals surface area contributed by atoms with Crippen LogP contribution in [-0.2, 0) is 18.5 Å². The molecule has 0 amide bonds. The van der Waals surface area contributed by atoms with Crippen molar-refractivity contribution in [3.8, 4) is 11.4 Å². The van der Waals surface area contributed by atoms with Gasteiger partial charge in [0.25, 0.3) is 0 Å². The molecule has 5 nitrogen and oxygen atoms in total. The molecule has 1 aromatic heterocycles. The molecule has 2 aromatic carbocycles. The van der Waals surface area contributed by atoms with Crippen molar-refractivity contribution in [3.63, 3.8) is 0 Å². The molecule has 180 valence electrons. The Bertz CT molecular complexity index is 1160. The average Bonchev–Trinajstić information content (AvgIpc) is 3.15. The minimum Gasteiger partial charge on any atom is -0.490 e. The molecule has 3 aromatic rings. The van der Waals surface area contributed by atoms with Crippen LogP contribution in [0.2, 0.25) is 5.02 Å². The maximum atomic E-state index is 6.42. The fourth-order valence-electron chi connectivity index (χ4n) is 5.25. The maximum absolute atomic E-state index is 6.42. The molecule has 1 aliphatic carbocycles. The van der Waals surface area contributed by atoms with Crippen molar-refractivity contribution in [2.24, 2.45) is 0 Å². The molecular formula is C28H35ClN4O. The molecule has 2 heterocycles. The summed E-state index contributed by atoms with van der Waals surface area (Å²) in [5.41, 5.74) is 3.85. The summed E-state index contributed by atoms with van der Waals surface area (Å²) >= 11 is 6.35. The number of rotatable bonds is 4. The van der Waals surface area contributed by atoms with E-state index in [-0.39, 0.29) is 11.5 Å². The van der Waals surface area contributed by atoms with Crippen LogP contribution in [-0.4, -0.2) is 32.3 Å². The SMILES string of the molecule is CCN1Cc2cc(Cl)ccc2-n2c(nnc2C2CCC(Oc3cccc(C(C)(C)C)c3)CC2)C1. The number of benzene rings is 2. The molecule has 0 spiro atoms. The predicted octanol–water partition coefficient (Wildman–Crippen LogP) is 6.66. The lowest BCUT2D eigenvalue weighted by Crippen LogP contribution is -2.25. The van der Waals surface area contributed by atoms with Crippen molar-refractivity contribution in [3.05, 3.63) is 70.3 Å². The van der Waals surface area contributed by atoms with E-state index in [9.17, 15) is 0 Å². The first-order valence-corrected chi connectivity index (χ1v) is 12.9. The molecule has 0 radical (unpaired) electrons. The smallest absolute Gasteiger partial charge is 0.151 e. The van der Waals surface area contributed by atoms with E-state index < -0.39 is 0 Å². The molecule has 0 unspecified atom stereocenters. The number of hydrogen-bond acceptors (Lipinski definition) is 4. The summed E-state index contributed by atoms with van der Waals surface area (Å²) in [6, 6.07) is 14.8. The monoisotopic (exact) mass is 478 g/mol. The first-order chi connectivity index (χ1) is 16.3. The fourth-order valence-corrected chi connectivity index (χ4v) is 5.44. The number of aromatic nitrogens is 3. The van der Waals surface area contributed by atoms with Crippen molar-refractivity contribution in [1.82, 2.24) is 19.7 Å². The first kappa shape index (κ1) is 23.4. The Balaban J connectivity index is 1.34. The quantitative estimate of drug-likeness (QED) is 0.420. The number of fused-ring (bicyclic) bond motifs is 3. The van der Waals surface area contributed by atoms with Gasteiger partial charge in [-0.15, -0.1) is 10.2 Å². The molecule has 1 fully saturated rings. The van der Waals surface area contributed by atoms with Crippen LogP contribution >= 0.6 is 11.6 Å². The van der Waals surface area contributed by atoms with Crippen LogP contribution in [0.3, 0.4) is 0 Å². The standard InChI is InChI=1S/C28H35ClN4O/c1-5-32-17-20-15-22(29)11-14-25(20)33-26(18-32)30-31-27(33)19-9-12-23(13-10-19)34-24-8-6-7-21(16-24)28(2,3)4/h6-8,11,14-16,19,23H,5,9-10,12-13,17-18H2,1-4H3. The summed E-state index contributed by atoms with van der Waals surface area (Å²) in [4.78, 5) is 2.39. The van der Waals surface area contributed by atoms with Crippen molar-refractivity contribution in [1.29, 1.82) is 0 Å². The van der Waals surface area contributed by atoms with E-state index in [1.807, 2.05) is 6.07 Å². The van der Waals surface area contributed by atoms with E-state index in [0.29, 0.717) is 5.92 Å². The van der Waals surface area contributed by atoms with Crippen molar-refractivity contribution >= 4 is 11.6 Å². The summed E-state index contributed by atoms with van der Waals surface area (Å²) in [6.07, 6.45) is 4.42. The summed E-state index contributed by atoms with van der Waals surface area (Å²) in [7, 11) is 0. The minimum atomic E-state index is 0.121. The van der Waals surface area contributed by atoms with Gasteiger partial charge >= 0.3 is 0 Å². The second-order valence-electron chi connectivity index (χ2n) is 10.8. The average molecular weight is 479 g/mol. The lowest BCUT2D eigenvalue weighted by atomic mass is 9.86. The van der Waals surface area contributed by atoms with Crippen molar-refractivity contribution < 1.29 is 4.74 Å². The topological polar surface area (TPSA) is 43.2 Å². The Morgan fingerprint density at radius 2 is 1.79 bits per heavy atom. The molecule has 1 aliphatic heterocycles. The summed E-state index contributed by atoms with van der Waals surface area (Å²) < 4.78 is 8.73. The molecular weight excluding hydrogens is 444 g/mol. The normalized spacial score (nSPS) is 21.0. The highest BCUT2D eigenvalue weighted by atomic mass is 35.5. The van der Waals surface area contributed by atoms with Gasteiger partial charge in [-0.1, -0.05) is 51.4 Å². The van der Waals surface area contributed by atoms with Gasteiger partial charge in [0.1, 0.15) is 11.6 Å². The highest BCUT2D eigenvalue weighted by Crippen LogP contribution is 2.37. The molecule has 2 aliphatic rings. The van der Waals surface area contributed by atoms with Gasteiger partial charge in [0.05, 0.1) is 18.3 Å². The third-order valence-corrected chi connectivity index (χ3v) is 7.52. The number of nitrogens with zero attached hydrogens (tertiary/aromatic N) is 4. The Morgan fingerprint density at radius 1 is 1.00 bits per heavy atom. The molecule has 1 saturated carbocycles. The Labute approximate surface area is 208 Å². The zero-order chi connectivity index (χ0) is 23.9. The van der Waals surface area contributed by atoms with Gasteiger partial charge in [-0.25, -0.2) is 0 Å².